The Kier molecular flexibility index (Phi) is 2.88. The topological polar surface area (TPSA) is 63.9 Å². The van der Waals surface area contributed by atoms with Gasteiger partial charge in [-0.05, 0) is 24.8 Å². The van der Waals surface area contributed by atoms with Crippen LogP contribution in [-0.4, -0.2) is 16.8 Å². The highest BCUT2D eigenvalue weighted by atomic mass is 35.5. The molecule has 0 unspecified atom stereocenters. The van der Waals surface area contributed by atoms with Crippen LogP contribution in [0.15, 0.2) is 24.4 Å². The van der Waals surface area contributed by atoms with Crippen molar-refractivity contribution < 1.29 is 4.74 Å². The largest absolute Gasteiger partial charge is 0.491 e. The molecule has 1 aliphatic carbocycles. The van der Waals surface area contributed by atoms with Crippen LogP contribution in [0.3, 0.4) is 0 Å². The van der Waals surface area contributed by atoms with Crippen LogP contribution in [0.25, 0.3) is 11.1 Å². The van der Waals surface area contributed by atoms with Gasteiger partial charge in [0.2, 0.25) is 0 Å². The number of aromatic amines is 1. The van der Waals surface area contributed by atoms with Crippen LogP contribution in [0.5, 0.6) is 5.75 Å². The molecule has 3 rings (SSSR count). The Morgan fingerprint density at radius 1 is 1.39 bits per heavy atom. The number of aromatic nitrogens is 2. The Hall–Kier alpha value is -1.68. The summed E-state index contributed by atoms with van der Waals surface area (Å²) in [5.74, 6) is 1.89. The molecule has 5 heteroatoms. The summed E-state index contributed by atoms with van der Waals surface area (Å²) in [6.07, 6.45) is 4.17. The zero-order valence-corrected chi connectivity index (χ0v) is 10.6. The van der Waals surface area contributed by atoms with Crippen molar-refractivity contribution in [1.29, 1.82) is 0 Å². The van der Waals surface area contributed by atoms with E-state index in [1.807, 2.05) is 18.2 Å². The molecule has 0 aliphatic heterocycles. The first-order valence-corrected chi connectivity index (χ1v) is 6.34. The van der Waals surface area contributed by atoms with Gasteiger partial charge in [0.1, 0.15) is 11.6 Å². The predicted molar refractivity (Wildman–Crippen MR) is 71.7 cm³/mol. The normalized spacial score (nSPS) is 14.7. The molecule has 1 aromatic carbocycles. The number of hydrogen-bond donors (Lipinski definition) is 2. The van der Waals surface area contributed by atoms with Gasteiger partial charge in [-0.25, -0.2) is 0 Å². The second-order valence-electron chi connectivity index (χ2n) is 4.57. The van der Waals surface area contributed by atoms with Crippen LogP contribution in [0.2, 0.25) is 5.02 Å². The summed E-state index contributed by atoms with van der Waals surface area (Å²) in [6.45, 7) is 0.717. The Bertz CT molecular complexity index is 563. The zero-order chi connectivity index (χ0) is 12.5. The van der Waals surface area contributed by atoms with Gasteiger partial charge in [0.05, 0.1) is 17.8 Å². The summed E-state index contributed by atoms with van der Waals surface area (Å²) in [5, 5.41) is 7.25. The lowest BCUT2D eigenvalue weighted by molar-refractivity contribution is 0.301. The first kappa shape index (κ1) is 11.4. The molecule has 0 amide bonds. The van der Waals surface area contributed by atoms with Crippen molar-refractivity contribution in [2.75, 3.05) is 12.3 Å². The molecule has 1 aliphatic rings. The minimum Gasteiger partial charge on any atom is -0.491 e. The third-order valence-electron chi connectivity index (χ3n) is 3.09. The van der Waals surface area contributed by atoms with Crippen LogP contribution in [0.4, 0.5) is 5.82 Å². The van der Waals surface area contributed by atoms with Gasteiger partial charge in [0.25, 0.3) is 0 Å². The van der Waals surface area contributed by atoms with Crippen LogP contribution in [0, 0.1) is 5.92 Å². The van der Waals surface area contributed by atoms with Gasteiger partial charge in [-0.15, -0.1) is 0 Å². The van der Waals surface area contributed by atoms with E-state index in [1.165, 1.54) is 12.8 Å². The molecule has 0 spiro atoms. The number of halogens is 1. The standard InChI is InChI=1S/C13H14ClN3O/c14-11-3-1-2-9(10-6-16-17-13(10)15)12(11)18-7-8-4-5-8/h1-3,6,8H,4-5,7H2,(H3,15,16,17). The molecule has 18 heavy (non-hydrogen) atoms. The molecule has 1 heterocycles. The number of nitrogens with one attached hydrogen (secondary N) is 1. The van der Waals surface area contributed by atoms with Gasteiger partial charge >= 0.3 is 0 Å². The third-order valence-corrected chi connectivity index (χ3v) is 3.38. The molecule has 0 bridgehead atoms. The smallest absolute Gasteiger partial charge is 0.145 e. The van der Waals surface area contributed by atoms with Gasteiger partial charge in [-0.1, -0.05) is 23.7 Å². The van der Waals surface area contributed by atoms with E-state index in [2.05, 4.69) is 10.2 Å². The number of anilines is 1. The number of ether oxygens (including phenoxy) is 1. The van der Waals surface area contributed by atoms with Crippen molar-refractivity contribution in [3.8, 4) is 16.9 Å². The van der Waals surface area contributed by atoms with Crippen molar-refractivity contribution in [2.45, 2.75) is 12.8 Å². The van der Waals surface area contributed by atoms with E-state index in [4.69, 9.17) is 22.1 Å². The second-order valence-corrected chi connectivity index (χ2v) is 4.98. The van der Waals surface area contributed by atoms with E-state index in [1.54, 1.807) is 6.20 Å². The maximum Gasteiger partial charge on any atom is 0.145 e. The Morgan fingerprint density at radius 2 is 2.22 bits per heavy atom. The van der Waals surface area contributed by atoms with E-state index in [-0.39, 0.29) is 0 Å². The Labute approximate surface area is 110 Å². The van der Waals surface area contributed by atoms with Crippen molar-refractivity contribution >= 4 is 17.4 Å². The lowest BCUT2D eigenvalue weighted by Crippen LogP contribution is -2.01. The molecule has 1 saturated carbocycles. The van der Waals surface area contributed by atoms with E-state index in [0.29, 0.717) is 29.1 Å². The Morgan fingerprint density at radius 3 is 2.89 bits per heavy atom. The number of nitrogen functional groups attached to an aromatic ring is 1. The highest BCUT2D eigenvalue weighted by Crippen LogP contribution is 2.39. The average Bonchev–Trinajstić information content (AvgIpc) is 3.09. The number of nitrogens with two attached hydrogens (primary N) is 1. The SMILES string of the molecule is Nc1[nH]ncc1-c1cccc(Cl)c1OCC1CC1. The number of H-pyrrole nitrogens is 1. The number of para-hydroxylation sites is 1. The highest BCUT2D eigenvalue weighted by Gasteiger charge is 2.23. The number of hydrogen-bond acceptors (Lipinski definition) is 3. The number of rotatable bonds is 4. The van der Waals surface area contributed by atoms with Gasteiger partial charge in [-0.3, -0.25) is 5.10 Å². The van der Waals surface area contributed by atoms with Gasteiger partial charge in [0, 0.05) is 11.1 Å². The van der Waals surface area contributed by atoms with E-state index in [9.17, 15) is 0 Å². The van der Waals surface area contributed by atoms with Crippen molar-refractivity contribution in [1.82, 2.24) is 10.2 Å². The first-order valence-electron chi connectivity index (χ1n) is 5.96. The van der Waals surface area contributed by atoms with Crippen LogP contribution in [0.1, 0.15) is 12.8 Å². The molecule has 4 nitrogen and oxygen atoms in total. The van der Waals surface area contributed by atoms with E-state index >= 15 is 0 Å². The monoisotopic (exact) mass is 263 g/mol. The van der Waals surface area contributed by atoms with Gasteiger partial charge in [0.15, 0.2) is 0 Å². The molecule has 1 fully saturated rings. The molecule has 1 aromatic heterocycles. The van der Waals surface area contributed by atoms with Crippen molar-refractivity contribution in [2.24, 2.45) is 5.92 Å². The number of benzene rings is 1. The molecule has 0 radical (unpaired) electrons. The van der Waals surface area contributed by atoms with Crippen molar-refractivity contribution in [3.05, 3.63) is 29.4 Å². The van der Waals surface area contributed by atoms with Gasteiger partial charge in [-0.2, -0.15) is 5.10 Å². The minimum absolute atomic E-state index is 0.522. The molecule has 0 atom stereocenters. The zero-order valence-electron chi connectivity index (χ0n) is 9.82. The van der Waals surface area contributed by atoms with Gasteiger partial charge < -0.3 is 10.5 Å². The molecular formula is C13H14ClN3O. The molecule has 2 aromatic rings. The Balaban J connectivity index is 1.97. The maximum absolute atomic E-state index is 6.21. The number of nitrogens with zero attached hydrogens (tertiary/aromatic N) is 1. The van der Waals surface area contributed by atoms with Crippen LogP contribution in [-0.2, 0) is 0 Å². The molecular weight excluding hydrogens is 250 g/mol. The summed E-state index contributed by atoms with van der Waals surface area (Å²) >= 11 is 6.21. The fourth-order valence-electron chi connectivity index (χ4n) is 1.86. The van der Waals surface area contributed by atoms with E-state index in [0.717, 1.165) is 11.1 Å². The summed E-state index contributed by atoms with van der Waals surface area (Å²) in [4.78, 5) is 0. The molecule has 0 saturated heterocycles. The fraction of sp³-hybridized carbons (Fsp3) is 0.308. The summed E-state index contributed by atoms with van der Waals surface area (Å²) in [7, 11) is 0. The summed E-state index contributed by atoms with van der Waals surface area (Å²) in [5.41, 5.74) is 7.55. The quantitative estimate of drug-likeness (QED) is 0.891. The third kappa shape index (κ3) is 2.16. The minimum atomic E-state index is 0.522. The van der Waals surface area contributed by atoms with Crippen LogP contribution < -0.4 is 10.5 Å². The molecule has 94 valence electrons. The van der Waals surface area contributed by atoms with Crippen LogP contribution >= 0.6 is 11.6 Å². The second kappa shape index (κ2) is 4.53. The summed E-state index contributed by atoms with van der Waals surface area (Å²) < 4.78 is 5.84. The van der Waals surface area contributed by atoms with Crippen molar-refractivity contribution in [3.63, 3.8) is 0 Å². The van der Waals surface area contributed by atoms with E-state index < -0.39 is 0 Å². The predicted octanol–water partition coefficient (Wildman–Crippen LogP) is 3.10. The average molecular weight is 264 g/mol. The summed E-state index contributed by atoms with van der Waals surface area (Å²) in [6, 6.07) is 5.65. The highest BCUT2D eigenvalue weighted by molar-refractivity contribution is 6.32. The first-order chi connectivity index (χ1) is 8.75. The lowest BCUT2D eigenvalue weighted by atomic mass is 10.1. The lowest BCUT2D eigenvalue weighted by Gasteiger charge is -2.12. The fourth-order valence-corrected chi connectivity index (χ4v) is 2.09. The molecule has 3 N–H and O–H groups in total. The maximum atomic E-state index is 6.21.